The molecule has 0 atom stereocenters. The van der Waals surface area contributed by atoms with Gasteiger partial charge in [0.25, 0.3) is 5.91 Å². The van der Waals surface area contributed by atoms with Gasteiger partial charge in [-0.2, -0.15) is 0 Å². The molecular weight excluding hydrogens is 314 g/mol. The molecule has 25 heavy (non-hydrogen) atoms. The van der Waals surface area contributed by atoms with Crippen LogP contribution in [0.3, 0.4) is 0 Å². The normalized spacial score (nSPS) is 10.3. The lowest BCUT2D eigenvalue weighted by atomic mass is 10.1. The van der Waals surface area contributed by atoms with Crippen molar-refractivity contribution in [2.45, 2.75) is 20.0 Å². The van der Waals surface area contributed by atoms with Crippen molar-refractivity contribution < 1.29 is 4.79 Å². The number of nitrogens with zero attached hydrogens (tertiary/aromatic N) is 3. The summed E-state index contributed by atoms with van der Waals surface area (Å²) in [6, 6.07) is 11.9. The van der Waals surface area contributed by atoms with Gasteiger partial charge in [0.2, 0.25) is 0 Å². The molecule has 0 aliphatic rings. The summed E-state index contributed by atoms with van der Waals surface area (Å²) in [4.78, 5) is 24.5. The first-order valence-electron chi connectivity index (χ1n) is 7.99. The summed E-state index contributed by atoms with van der Waals surface area (Å²) in [6.07, 6.45) is 6.51. The molecule has 3 aromatic rings. The topological polar surface area (TPSA) is 79.8 Å². The van der Waals surface area contributed by atoms with E-state index in [0.717, 1.165) is 11.1 Å². The summed E-state index contributed by atoms with van der Waals surface area (Å²) in [6.45, 7) is 3.11. The lowest BCUT2D eigenvalue weighted by Crippen LogP contribution is -2.24. The summed E-state index contributed by atoms with van der Waals surface area (Å²) in [5.74, 6) is 0.376. The van der Waals surface area contributed by atoms with Gasteiger partial charge in [-0.05, 0) is 30.2 Å². The molecule has 0 saturated carbocycles. The Balaban J connectivity index is 1.52. The Labute approximate surface area is 146 Å². The van der Waals surface area contributed by atoms with E-state index < -0.39 is 0 Å². The van der Waals surface area contributed by atoms with Gasteiger partial charge < -0.3 is 10.6 Å². The zero-order chi connectivity index (χ0) is 17.5. The molecule has 0 unspecified atom stereocenters. The molecule has 0 saturated heterocycles. The van der Waals surface area contributed by atoms with E-state index >= 15 is 0 Å². The van der Waals surface area contributed by atoms with Gasteiger partial charge in [-0.25, -0.2) is 9.97 Å². The van der Waals surface area contributed by atoms with Crippen LogP contribution < -0.4 is 10.6 Å². The Morgan fingerprint density at radius 2 is 1.64 bits per heavy atom. The quantitative estimate of drug-likeness (QED) is 0.725. The third-order valence-corrected chi connectivity index (χ3v) is 3.68. The van der Waals surface area contributed by atoms with E-state index in [2.05, 4.69) is 25.6 Å². The maximum absolute atomic E-state index is 12.1. The maximum atomic E-state index is 12.1. The summed E-state index contributed by atoms with van der Waals surface area (Å²) in [5.41, 5.74) is 3.62. The fourth-order valence-corrected chi connectivity index (χ4v) is 2.21. The highest BCUT2D eigenvalue weighted by atomic mass is 16.1. The smallest absolute Gasteiger partial charge is 0.271 e. The fraction of sp³-hybridized carbons (Fsp3) is 0.158. The van der Waals surface area contributed by atoms with Gasteiger partial charge in [0, 0.05) is 25.5 Å². The molecule has 0 bridgehead atoms. The molecule has 3 rings (SSSR count). The van der Waals surface area contributed by atoms with E-state index in [1.165, 1.54) is 11.8 Å². The van der Waals surface area contributed by atoms with E-state index in [1.54, 1.807) is 18.6 Å². The molecule has 6 nitrogen and oxygen atoms in total. The number of aryl methyl sites for hydroxylation is 1. The van der Waals surface area contributed by atoms with Crippen molar-refractivity contribution in [2.24, 2.45) is 0 Å². The van der Waals surface area contributed by atoms with Gasteiger partial charge in [0.15, 0.2) is 0 Å². The van der Waals surface area contributed by atoms with Crippen molar-refractivity contribution in [3.8, 4) is 0 Å². The summed E-state index contributed by atoms with van der Waals surface area (Å²) < 4.78 is 0. The predicted molar refractivity (Wildman–Crippen MR) is 95.9 cm³/mol. The number of carbonyl (C=O) groups excluding carboxylic acids is 1. The average Bonchev–Trinajstić information content (AvgIpc) is 2.67. The first kappa shape index (κ1) is 16.6. The van der Waals surface area contributed by atoms with Crippen LogP contribution >= 0.6 is 0 Å². The van der Waals surface area contributed by atoms with Crippen molar-refractivity contribution in [1.82, 2.24) is 20.3 Å². The van der Waals surface area contributed by atoms with Crippen LogP contribution in [0.1, 0.15) is 27.2 Å². The number of benzene rings is 1. The van der Waals surface area contributed by atoms with Gasteiger partial charge >= 0.3 is 0 Å². The van der Waals surface area contributed by atoms with Crippen LogP contribution in [-0.2, 0) is 13.1 Å². The monoisotopic (exact) mass is 333 g/mol. The number of rotatable bonds is 6. The Bertz CT molecular complexity index is 817. The van der Waals surface area contributed by atoms with Crippen LogP contribution in [0.2, 0.25) is 0 Å². The van der Waals surface area contributed by atoms with Crippen LogP contribution in [0.5, 0.6) is 0 Å². The van der Waals surface area contributed by atoms with Crippen molar-refractivity contribution in [3.63, 3.8) is 0 Å². The van der Waals surface area contributed by atoms with E-state index in [4.69, 9.17) is 0 Å². The maximum Gasteiger partial charge on any atom is 0.271 e. The minimum atomic E-state index is -0.242. The highest BCUT2D eigenvalue weighted by Crippen LogP contribution is 2.06. The van der Waals surface area contributed by atoms with Crippen LogP contribution in [-0.4, -0.2) is 20.9 Å². The molecular formula is C19H19N5O. The number of hydrogen-bond donors (Lipinski definition) is 2. The van der Waals surface area contributed by atoms with Crippen molar-refractivity contribution in [2.75, 3.05) is 5.32 Å². The van der Waals surface area contributed by atoms with E-state index in [-0.39, 0.29) is 5.91 Å². The van der Waals surface area contributed by atoms with E-state index in [9.17, 15) is 4.79 Å². The van der Waals surface area contributed by atoms with Crippen LogP contribution in [0.4, 0.5) is 5.82 Å². The van der Waals surface area contributed by atoms with Gasteiger partial charge in [0.05, 0.1) is 12.4 Å². The minimum Gasteiger partial charge on any atom is -0.365 e. The zero-order valence-corrected chi connectivity index (χ0v) is 13.9. The van der Waals surface area contributed by atoms with Crippen molar-refractivity contribution in [1.29, 1.82) is 0 Å². The Kier molecular flexibility index (Phi) is 5.31. The van der Waals surface area contributed by atoms with Gasteiger partial charge in [-0.3, -0.25) is 9.78 Å². The summed E-state index contributed by atoms with van der Waals surface area (Å²) in [5, 5.41) is 6.00. The number of hydrogen-bond acceptors (Lipinski definition) is 5. The van der Waals surface area contributed by atoms with E-state index in [0.29, 0.717) is 24.6 Å². The molecule has 0 spiro atoms. The third-order valence-electron chi connectivity index (χ3n) is 3.68. The standard InChI is InChI=1S/C19H19N5O/c1-14-2-4-15(5-3-14)11-24-19(25)17-12-23-18(13-21-17)22-10-16-6-8-20-9-7-16/h2-9,12-13H,10-11H2,1H3,(H,22,23)(H,24,25). The molecule has 1 amide bonds. The molecule has 0 radical (unpaired) electrons. The molecule has 0 aliphatic carbocycles. The van der Waals surface area contributed by atoms with Gasteiger partial charge in [-0.15, -0.1) is 0 Å². The Morgan fingerprint density at radius 3 is 2.32 bits per heavy atom. The molecule has 126 valence electrons. The molecule has 2 aromatic heterocycles. The highest BCUT2D eigenvalue weighted by molar-refractivity contribution is 5.91. The number of amides is 1. The summed E-state index contributed by atoms with van der Waals surface area (Å²) >= 11 is 0. The second-order valence-electron chi connectivity index (χ2n) is 5.66. The Morgan fingerprint density at radius 1 is 0.920 bits per heavy atom. The SMILES string of the molecule is Cc1ccc(CNC(=O)c2cnc(NCc3ccncc3)cn2)cc1. The van der Waals surface area contributed by atoms with Gasteiger partial charge in [-0.1, -0.05) is 29.8 Å². The average molecular weight is 333 g/mol. The first-order valence-corrected chi connectivity index (χ1v) is 7.99. The van der Waals surface area contributed by atoms with Crippen molar-refractivity contribution >= 4 is 11.7 Å². The van der Waals surface area contributed by atoms with Gasteiger partial charge in [0.1, 0.15) is 11.5 Å². The summed E-state index contributed by atoms with van der Waals surface area (Å²) in [7, 11) is 0. The highest BCUT2D eigenvalue weighted by Gasteiger charge is 2.07. The molecule has 2 N–H and O–H groups in total. The lowest BCUT2D eigenvalue weighted by Gasteiger charge is -2.07. The van der Waals surface area contributed by atoms with Crippen LogP contribution in [0.25, 0.3) is 0 Å². The number of aromatic nitrogens is 3. The van der Waals surface area contributed by atoms with E-state index in [1.807, 2.05) is 43.3 Å². The van der Waals surface area contributed by atoms with Crippen LogP contribution in [0, 0.1) is 6.92 Å². The number of nitrogens with one attached hydrogen (secondary N) is 2. The number of pyridine rings is 1. The second kappa shape index (κ2) is 8.01. The number of anilines is 1. The fourth-order valence-electron chi connectivity index (χ4n) is 2.21. The second-order valence-corrected chi connectivity index (χ2v) is 5.66. The Hall–Kier alpha value is -3.28. The molecule has 0 aliphatic heterocycles. The molecule has 6 heteroatoms. The molecule has 1 aromatic carbocycles. The lowest BCUT2D eigenvalue weighted by molar-refractivity contribution is 0.0945. The zero-order valence-electron chi connectivity index (χ0n) is 13.9. The molecule has 0 fully saturated rings. The third kappa shape index (κ3) is 4.84. The predicted octanol–water partition coefficient (Wildman–Crippen LogP) is 2.72. The van der Waals surface area contributed by atoms with Crippen molar-refractivity contribution in [3.05, 3.63) is 83.6 Å². The molecule has 2 heterocycles. The minimum absolute atomic E-state index is 0.242. The van der Waals surface area contributed by atoms with Crippen LogP contribution in [0.15, 0.2) is 61.2 Å². The first-order chi connectivity index (χ1) is 12.2. The number of carbonyl (C=O) groups is 1. The largest absolute Gasteiger partial charge is 0.365 e.